The summed E-state index contributed by atoms with van der Waals surface area (Å²) in [6.07, 6.45) is -0.0723. The van der Waals surface area contributed by atoms with Crippen LogP contribution in [0.4, 0.5) is 0 Å². The monoisotopic (exact) mass is 248 g/mol. The van der Waals surface area contributed by atoms with Crippen molar-refractivity contribution in [3.05, 3.63) is 35.4 Å². The molecule has 1 amide bonds. The number of carbonyl (C=O) groups excluding carboxylic acids is 1. The molecule has 0 spiro atoms. The van der Waals surface area contributed by atoms with Crippen LogP contribution in [0.3, 0.4) is 0 Å². The van der Waals surface area contributed by atoms with Crippen LogP contribution < -0.4 is 5.32 Å². The van der Waals surface area contributed by atoms with Crippen LogP contribution in [0.15, 0.2) is 24.3 Å². The van der Waals surface area contributed by atoms with E-state index in [2.05, 4.69) is 5.32 Å². The van der Waals surface area contributed by atoms with E-state index in [1.165, 1.54) is 5.56 Å². The fraction of sp³-hybridized carbons (Fsp3) is 0.500. The van der Waals surface area contributed by atoms with Crippen LogP contribution >= 0.6 is 0 Å². The van der Waals surface area contributed by atoms with Crippen LogP contribution in [0.5, 0.6) is 0 Å². The molecule has 98 valence electrons. The Bertz CT molecular complexity index is 416. The highest BCUT2D eigenvalue weighted by Crippen LogP contribution is 2.11. The van der Waals surface area contributed by atoms with E-state index in [1.807, 2.05) is 31.2 Å². The largest absolute Gasteiger partial charge is 0.390 e. The fourth-order valence-corrected chi connectivity index (χ4v) is 2.24. The Kier molecular flexibility index (Phi) is 3.99. The topological polar surface area (TPSA) is 52.6 Å². The molecule has 2 rings (SSSR count). The normalized spacial score (nSPS) is 23.1. The zero-order valence-corrected chi connectivity index (χ0v) is 10.9. The highest BCUT2D eigenvalue weighted by molar-refractivity contribution is 5.79. The first kappa shape index (κ1) is 13.1. The Morgan fingerprint density at radius 2 is 2.06 bits per heavy atom. The minimum Gasteiger partial charge on any atom is -0.390 e. The van der Waals surface area contributed by atoms with Gasteiger partial charge < -0.3 is 15.3 Å². The molecule has 0 unspecified atom stereocenters. The first-order valence-corrected chi connectivity index (χ1v) is 6.28. The van der Waals surface area contributed by atoms with Gasteiger partial charge in [-0.2, -0.15) is 0 Å². The Hall–Kier alpha value is -1.39. The number of hydrogen-bond acceptors (Lipinski definition) is 3. The molecular weight excluding hydrogens is 228 g/mol. The molecule has 0 bridgehead atoms. The van der Waals surface area contributed by atoms with Crippen molar-refractivity contribution in [1.82, 2.24) is 10.2 Å². The number of aliphatic hydroxyl groups excluding tert-OH is 1. The van der Waals surface area contributed by atoms with Crippen LogP contribution in [-0.2, 0) is 11.2 Å². The third-order valence-electron chi connectivity index (χ3n) is 3.52. The summed E-state index contributed by atoms with van der Waals surface area (Å²) < 4.78 is 0. The summed E-state index contributed by atoms with van der Waals surface area (Å²) in [6.45, 7) is 3.25. The van der Waals surface area contributed by atoms with Crippen molar-refractivity contribution in [3.63, 3.8) is 0 Å². The van der Waals surface area contributed by atoms with Gasteiger partial charge in [-0.25, -0.2) is 0 Å². The molecule has 1 heterocycles. The summed E-state index contributed by atoms with van der Waals surface area (Å²) in [5, 5.41) is 12.8. The molecule has 1 aliphatic rings. The van der Waals surface area contributed by atoms with E-state index in [9.17, 15) is 9.90 Å². The molecular formula is C14H20N2O2. The van der Waals surface area contributed by atoms with Crippen LogP contribution in [0, 0.1) is 6.92 Å². The number of rotatable bonds is 3. The first-order chi connectivity index (χ1) is 8.58. The quantitative estimate of drug-likeness (QED) is 0.810. The van der Waals surface area contributed by atoms with Crippen molar-refractivity contribution in [2.45, 2.75) is 25.5 Å². The molecule has 1 saturated heterocycles. The van der Waals surface area contributed by atoms with Gasteiger partial charge in [0.25, 0.3) is 0 Å². The van der Waals surface area contributed by atoms with Crippen LogP contribution in [-0.4, -0.2) is 48.2 Å². The van der Waals surface area contributed by atoms with E-state index in [0.29, 0.717) is 19.5 Å². The van der Waals surface area contributed by atoms with Crippen LogP contribution in [0.1, 0.15) is 11.1 Å². The molecule has 18 heavy (non-hydrogen) atoms. The van der Waals surface area contributed by atoms with Crippen molar-refractivity contribution >= 4 is 5.91 Å². The van der Waals surface area contributed by atoms with Crippen molar-refractivity contribution in [2.75, 3.05) is 20.1 Å². The van der Waals surface area contributed by atoms with E-state index in [4.69, 9.17) is 0 Å². The van der Waals surface area contributed by atoms with Gasteiger partial charge in [0, 0.05) is 20.1 Å². The lowest BCUT2D eigenvalue weighted by Crippen LogP contribution is -2.44. The second-order valence-electron chi connectivity index (χ2n) is 4.96. The average Bonchev–Trinajstić information content (AvgIpc) is 2.77. The summed E-state index contributed by atoms with van der Waals surface area (Å²) in [4.78, 5) is 13.8. The maximum absolute atomic E-state index is 12.1. The minimum atomic E-state index is -0.461. The summed E-state index contributed by atoms with van der Waals surface area (Å²) in [5.74, 6) is 0.0478. The van der Waals surface area contributed by atoms with Crippen molar-refractivity contribution in [1.29, 1.82) is 0 Å². The molecule has 0 aromatic heterocycles. The number of benzene rings is 1. The average molecular weight is 248 g/mol. The molecule has 4 heteroatoms. The number of nitrogens with zero attached hydrogens (tertiary/aromatic N) is 1. The second-order valence-corrected chi connectivity index (χ2v) is 4.96. The lowest BCUT2D eigenvalue weighted by atomic mass is 10.1. The highest BCUT2D eigenvalue weighted by atomic mass is 16.3. The van der Waals surface area contributed by atoms with Gasteiger partial charge in [-0.1, -0.05) is 29.8 Å². The Balaban J connectivity index is 1.97. The Morgan fingerprint density at radius 1 is 1.39 bits per heavy atom. The van der Waals surface area contributed by atoms with Crippen molar-refractivity contribution in [2.24, 2.45) is 0 Å². The summed E-state index contributed by atoms with van der Waals surface area (Å²) in [5.41, 5.74) is 2.20. The van der Waals surface area contributed by atoms with Gasteiger partial charge in [-0.3, -0.25) is 4.79 Å². The van der Waals surface area contributed by atoms with Crippen molar-refractivity contribution < 1.29 is 9.90 Å². The van der Waals surface area contributed by atoms with Crippen LogP contribution in [0.25, 0.3) is 0 Å². The summed E-state index contributed by atoms with van der Waals surface area (Å²) >= 11 is 0. The number of β-amino-alcohol motifs (C(OH)–C–C–N with tert-alkyl or cyclic N) is 1. The smallest absolute Gasteiger partial charge is 0.227 e. The lowest BCUT2D eigenvalue weighted by Gasteiger charge is -2.26. The van der Waals surface area contributed by atoms with E-state index < -0.39 is 6.10 Å². The maximum Gasteiger partial charge on any atom is 0.227 e. The standard InChI is InChI=1S/C14H20N2O2/c1-10-3-5-11(6-4-10)7-14(18)16(2)12-8-15-9-13(12)17/h3-6,12-13,15,17H,7-9H2,1-2H3/t12-,13-/m1/s1. The fourth-order valence-electron chi connectivity index (χ4n) is 2.24. The number of amides is 1. The predicted molar refractivity (Wildman–Crippen MR) is 70.3 cm³/mol. The zero-order chi connectivity index (χ0) is 13.1. The van der Waals surface area contributed by atoms with Gasteiger partial charge in [0.2, 0.25) is 5.91 Å². The molecule has 0 saturated carbocycles. The molecule has 1 aromatic carbocycles. The van der Waals surface area contributed by atoms with E-state index in [0.717, 1.165) is 5.56 Å². The zero-order valence-electron chi connectivity index (χ0n) is 10.9. The van der Waals surface area contributed by atoms with Gasteiger partial charge in [-0.15, -0.1) is 0 Å². The lowest BCUT2D eigenvalue weighted by molar-refractivity contribution is -0.132. The first-order valence-electron chi connectivity index (χ1n) is 6.28. The number of likely N-dealkylation sites (N-methyl/N-ethyl adjacent to an activating group) is 1. The maximum atomic E-state index is 12.1. The van der Waals surface area contributed by atoms with Gasteiger partial charge in [0.1, 0.15) is 0 Å². The molecule has 2 atom stereocenters. The number of aliphatic hydroxyl groups is 1. The summed E-state index contributed by atoms with van der Waals surface area (Å²) in [6, 6.07) is 7.86. The minimum absolute atomic E-state index is 0.0478. The van der Waals surface area contributed by atoms with E-state index >= 15 is 0 Å². The van der Waals surface area contributed by atoms with Gasteiger partial charge in [0.05, 0.1) is 18.6 Å². The molecule has 1 aromatic rings. The Labute approximate surface area is 108 Å². The predicted octanol–water partition coefficient (Wildman–Crippen LogP) is 0.329. The summed E-state index contributed by atoms with van der Waals surface area (Å²) in [7, 11) is 1.76. The molecule has 1 aliphatic heterocycles. The SMILES string of the molecule is Cc1ccc(CC(=O)N(C)[C@@H]2CNC[C@H]2O)cc1. The third kappa shape index (κ3) is 2.89. The van der Waals surface area contributed by atoms with E-state index in [1.54, 1.807) is 11.9 Å². The molecule has 0 radical (unpaired) electrons. The second kappa shape index (κ2) is 5.50. The van der Waals surface area contributed by atoms with Gasteiger partial charge >= 0.3 is 0 Å². The number of carbonyl (C=O) groups is 1. The molecule has 1 fully saturated rings. The van der Waals surface area contributed by atoms with Gasteiger partial charge in [0.15, 0.2) is 0 Å². The molecule has 2 N–H and O–H groups in total. The number of hydrogen-bond donors (Lipinski definition) is 2. The third-order valence-corrected chi connectivity index (χ3v) is 3.52. The van der Waals surface area contributed by atoms with Crippen molar-refractivity contribution in [3.8, 4) is 0 Å². The highest BCUT2D eigenvalue weighted by Gasteiger charge is 2.30. The van der Waals surface area contributed by atoms with Gasteiger partial charge in [-0.05, 0) is 12.5 Å². The molecule has 0 aliphatic carbocycles. The number of aryl methyl sites for hydroxylation is 1. The Morgan fingerprint density at radius 3 is 2.61 bits per heavy atom. The van der Waals surface area contributed by atoms with E-state index in [-0.39, 0.29) is 11.9 Å². The number of nitrogens with one attached hydrogen (secondary N) is 1. The van der Waals surface area contributed by atoms with Crippen LogP contribution in [0.2, 0.25) is 0 Å². The molecule has 4 nitrogen and oxygen atoms in total.